The third kappa shape index (κ3) is 4.87. The molecule has 0 spiro atoms. The number of morpholine rings is 1. The summed E-state index contributed by atoms with van der Waals surface area (Å²) in [6.07, 6.45) is 0. The van der Waals surface area contributed by atoms with Gasteiger partial charge < -0.3 is 4.74 Å². The number of aryl methyl sites for hydroxylation is 3. The molecule has 2 aromatic rings. The minimum atomic E-state index is -3.68. The van der Waals surface area contributed by atoms with E-state index in [1.807, 2.05) is 19.1 Å². The van der Waals surface area contributed by atoms with Crippen LogP contribution in [0.5, 0.6) is 0 Å². The summed E-state index contributed by atoms with van der Waals surface area (Å²) >= 11 is 0. The Morgan fingerprint density at radius 3 is 2.03 bits per heavy atom. The Morgan fingerprint density at radius 2 is 1.48 bits per heavy atom. The molecule has 7 nitrogen and oxygen atoms in total. The number of rotatable bonds is 6. The first-order valence-electron chi connectivity index (χ1n) is 9.35. The minimum absolute atomic E-state index is 0.0764. The lowest BCUT2D eigenvalue weighted by molar-refractivity contribution is 0.0730. The van der Waals surface area contributed by atoms with Crippen LogP contribution in [0.15, 0.2) is 46.2 Å². The quantitative estimate of drug-likeness (QED) is 0.746. The third-order valence-corrected chi connectivity index (χ3v) is 8.49. The van der Waals surface area contributed by atoms with Gasteiger partial charge in [-0.1, -0.05) is 29.8 Å². The van der Waals surface area contributed by atoms with Gasteiger partial charge in [-0.2, -0.15) is 4.31 Å². The molecule has 1 aliphatic heterocycles. The molecule has 0 unspecified atom stereocenters. The molecule has 0 amide bonds. The fraction of sp³-hybridized carbons (Fsp3) is 0.400. The van der Waals surface area contributed by atoms with Crippen molar-refractivity contribution >= 4 is 20.0 Å². The maximum atomic E-state index is 12.8. The number of nitrogens with one attached hydrogen (secondary N) is 1. The van der Waals surface area contributed by atoms with Crippen LogP contribution in [0.2, 0.25) is 0 Å². The SMILES string of the molecule is Cc1cc(C)c(S(=O)(=O)NCc2ccc(S(=O)(=O)N3CCOCC3)cc2)c(C)c1. The molecule has 3 rings (SSSR count). The molecule has 29 heavy (non-hydrogen) atoms. The summed E-state index contributed by atoms with van der Waals surface area (Å²) in [6.45, 7) is 7.00. The van der Waals surface area contributed by atoms with E-state index in [9.17, 15) is 16.8 Å². The van der Waals surface area contributed by atoms with Gasteiger partial charge in [0.15, 0.2) is 0 Å². The maximum absolute atomic E-state index is 12.8. The van der Waals surface area contributed by atoms with E-state index in [4.69, 9.17) is 4.74 Å². The standard InChI is InChI=1S/C20H26N2O5S2/c1-15-12-16(2)20(17(3)13-15)28(23,24)21-14-18-4-6-19(7-5-18)29(25,26)22-8-10-27-11-9-22/h4-7,12-13,21H,8-11,14H2,1-3H3. The second-order valence-electron chi connectivity index (χ2n) is 7.21. The molecule has 158 valence electrons. The molecular formula is C20H26N2O5S2. The van der Waals surface area contributed by atoms with Crippen LogP contribution in [0.1, 0.15) is 22.3 Å². The van der Waals surface area contributed by atoms with E-state index in [0.29, 0.717) is 43.0 Å². The van der Waals surface area contributed by atoms with Crippen molar-refractivity contribution in [2.24, 2.45) is 0 Å². The Kier molecular flexibility index (Phi) is 6.45. The van der Waals surface area contributed by atoms with Gasteiger partial charge in [-0.3, -0.25) is 0 Å². The average Bonchev–Trinajstić information content (AvgIpc) is 2.66. The zero-order valence-electron chi connectivity index (χ0n) is 16.8. The van der Waals surface area contributed by atoms with Crippen molar-refractivity contribution in [3.63, 3.8) is 0 Å². The van der Waals surface area contributed by atoms with Crippen molar-refractivity contribution in [1.29, 1.82) is 0 Å². The van der Waals surface area contributed by atoms with E-state index in [1.165, 1.54) is 16.4 Å². The highest BCUT2D eigenvalue weighted by Gasteiger charge is 2.26. The van der Waals surface area contributed by atoms with Crippen LogP contribution in [0, 0.1) is 20.8 Å². The van der Waals surface area contributed by atoms with Gasteiger partial charge in [0, 0.05) is 19.6 Å². The summed E-state index contributed by atoms with van der Waals surface area (Å²) in [6, 6.07) is 9.96. The van der Waals surface area contributed by atoms with Gasteiger partial charge in [0.1, 0.15) is 0 Å². The van der Waals surface area contributed by atoms with Crippen LogP contribution < -0.4 is 4.72 Å². The monoisotopic (exact) mass is 438 g/mol. The Labute approximate surface area is 172 Å². The highest BCUT2D eigenvalue weighted by molar-refractivity contribution is 7.89. The number of hydrogen-bond donors (Lipinski definition) is 1. The van der Waals surface area contributed by atoms with Crippen LogP contribution in [0.3, 0.4) is 0 Å². The molecule has 2 aromatic carbocycles. The summed E-state index contributed by atoms with van der Waals surface area (Å²) in [5.41, 5.74) is 3.08. The second-order valence-corrected chi connectivity index (χ2v) is 10.9. The molecule has 1 saturated heterocycles. The zero-order chi connectivity index (χ0) is 21.2. The van der Waals surface area contributed by atoms with E-state index in [1.54, 1.807) is 26.0 Å². The summed E-state index contributed by atoms with van der Waals surface area (Å²) in [4.78, 5) is 0.478. The fourth-order valence-corrected chi connectivity index (χ4v) is 6.43. The number of nitrogens with zero attached hydrogens (tertiary/aromatic N) is 1. The van der Waals surface area contributed by atoms with Crippen molar-refractivity contribution in [2.45, 2.75) is 37.1 Å². The molecule has 0 bridgehead atoms. The maximum Gasteiger partial charge on any atom is 0.243 e. The molecule has 0 aromatic heterocycles. The van der Waals surface area contributed by atoms with E-state index < -0.39 is 20.0 Å². The molecule has 0 aliphatic carbocycles. The Bertz CT molecular complexity index is 1070. The van der Waals surface area contributed by atoms with Gasteiger partial charge in [-0.05, 0) is 49.6 Å². The normalized spacial score (nSPS) is 16.1. The van der Waals surface area contributed by atoms with Gasteiger partial charge >= 0.3 is 0 Å². The van der Waals surface area contributed by atoms with Crippen LogP contribution in [-0.4, -0.2) is 47.4 Å². The molecule has 0 atom stereocenters. The first kappa shape index (κ1) is 21.9. The summed E-state index contributed by atoms with van der Waals surface area (Å²) in [5.74, 6) is 0. The van der Waals surface area contributed by atoms with Gasteiger partial charge in [0.2, 0.25) is 20.0 Å². The summed E-state index contributed by atoms with van der Waals surface area (Å²) in [5, 5.41) is 0. The first-order valence-corrected chi connectivity index (χ1v) is 12.3. The van der Waals surface area contributed by atoms with Crippen LogP contribution in [0.4, 0.5) is 0 Å². The van der Waals surface area contributed by atoms with Crippen molar-refractivity contribution < 1.29 is 21.6 Å². The highest BCUT2D eigenvalue weighted by Crippen LogP contribution is 2.22. The largest absolute Gasteiger partial charge is 0.379 e. The molecule has 9 heteroatoms. The number of sulfonamides is 2. The van der Waals surface area contributed by atoms with Gasteiger partial charge in [0.05, 0.1) is 23.0 Å². The molecule has 1 heterocycles. The molecule has 0 radical (unpaired) electrons. The topological polar surface area (TPSA) is 92.8 Å². The molecular weight excluding hydrogens is 412 g/mol. The predicted molar refractivity (Wildman–Crippen MR) is 111 cm³/mol. The molecule has 1 N–H and O–H groups in total. The fourth-order valence-electron chi connectivity index (χ4n) is 3.56. The van der Waals surface area contributed by atoms with Crippen molar-refractivity contribution in [2.75, 3.05) is 26.3 Å². The Balaban J connectivity index is 1.73. The van der Waals surface area contributed by atoms with E-state index in [-0.39, 0.29) is 16.3 Å². The van der Waals surface area contributed by atoms with Gasteiger partial charge in [0.25, 0.3) is 0 Å². The smallest absolute Gasteiger partial charge is 0.243 e. The van der Waals surface area contributed by atoms with Crippen LogP contribution in [-0.2, 0) is 31.3 Å². The number of ether oxygens (including phenoxy) is 1. The lowest BCUT2D eigenvalue weighted by Gasteiger charge is -2.26. The molecule has 1 fully saturated rings. The third-order valence-electron chi connectivity index (χ3n) is 4.87. The second kappa shape index (κ2) is 8.53. The minimum Gasteiger partial charge on any atom is -0.379 e. The summed E-state index contributed by atoms with van der Waals surface area (Å²) in [7, 11) is -7.25. The Morgan fingerprint density at radius 1 is 0.931 bits per heavy atom. The van der Waals surface area contributed by atoms with Crippen molar-refractivity contribution in [3.8, 4) is 0 Å². The van der Waals surface area contributed by atoms with Crippen LogP contribution in [0.25, 0.3) is 0 Å². The average molecular weight is 439 g/mol. The predicted octanol–water partition coefficient (Wildman–Crippen LogP) is 2.11. The Hall–Kier alpha value is -1.78. The van der Waals surface area contributed by atoms with Gasteiger partial charge in [-0.25, -0.2) is 21.6 Å². The lowest BCUT2D eigenvalue weighted by atomic mass is 10.1. The zero-order valence-corrected chi connectivity index (χ0v) is 18.4. The number of hydrogen-bond acceptors (Lipinski definition) is 5. The molecule has 0 saturated carbocycles. The van der Waals surface area contributed by atoms with E-state index in [2.05, 4.69) is 4.72 Å². The molecule has 1 aliphatic rings. The van der Waals surface area contributed by atoms with E-state index in [0.717, 1.165) is 5.56 Å². The van der Waals surface area contributed by atoms with Crippen molar-refractivity contribution in [3.05, 3.63) is 58.7 Å². The van der Waals surface area contributed by atoms with Gasteiger partial charge in [-0.15, -0.1) is 0 Å². The highest BCUT2D eigenvalue weighted by atomic mass is 32.2. The van der Waals surface area contributed by atoms with Crippen molar-refractivity contribution in [1.82, 2.24) is 9.03 Å². The first-order chi connectivity index (χ1) is 13.6. The van der Waals surface area contributed by atoms with Crippen LogP contribution >= 0.6 is 0 Å². The van der Waals surface area contributed by atoms with E-state index >= 15 is 0 Å². The summed E-state index contributed by atoms with van der Waals surface area (Å²) < 4.78 is 60.1. The number of benzene rings is 2. The lowest BCUT2D eigenvalue weighted by Crippen LogP contribution is -2.40.